The molecule has 0 amide bonds. The smallest absolute Gasteiger partial charge is 0.423 e. The zero-order valence-electron chi connectivity index (χ0n) is 12.6. The maximum atomic E-state index is 9.64. The second-order valence-electron chi connectivity index (χ2n) is 5.84. The Labute approximate surface area is 135 Å². The number of fused-ring (bicyclic) bond motifs is 2. The molecule has 0 aliphatic carbocycles. The lowest BCUT2D eigenvalue weighted by Gasteiger charge is -2.10. The molecule has 0 bridgehead atoms. The number of benzene rings is 2. The molecule has 0 spiro atoms. The number of hydrogen-bond donors (Lipinski definition) is 2. The van der Waals surface area contributed by atoms with Crippen molar-refractivity contribution in [2.45, 2.75) is 26.4 Å². The minimum absolute atomic E-state index is 0.0296. The predicted molar refractivity (Wildman–Crippen MR) is 86.2 cm³/mol. The highest BCUT2D eigenvalue weighted by atomic mass is 16.6. The van der Waals surface area contributed by atoms with Gasteiger partial charge in [-0.25, -0.2) is 0 Å². The first-order chi connectivity index (χ1) is 11.2. The molecule has 2 aromatic rings. The van der Waals surface area contributed by atoms with Gasteiger partial charge in [-0.1, -0.05) is 36.4 Å². The third kappa shape index (κ3) is 2.82. The van der Waals surface area contributed by atoms with Crippen molar-refractivity contribution >= 4 is 25.2 Å². The molecule has 4 rings (SSSR count). The molecule has 0 radical (unpaired) electrons. The fourth-order valence-corrected chi connectivity index (χ4v) is 3.05. The average Bonchev–Trinajstić information content (AvgIpc) is 3.16. The lowest BCUT2D eigenvalue weighted by Crippen LogP contribution is -2.32. The summed E-state index contributed by atoms with van der Waals surface area (Å²) >= 11 is 0. The predicted octanol–water partition coefficient (Wildman–Crippen LogP) is -0.161. The van der Waals surface area contributed by atoms with E-state index >= 15 is 0 Å². The fourth-order valence-electron chi connectivity index (χ4n) is 3.05. The topological polar surface area (TPSA) is 68.2 Å². The molecule has 2 aliphatic heterocycles. The van der Waals surface area contributed by atoms with Gasteiger partial charge in [-0.2, -0.15) is 0 Å². The standard InChI is InChI=1S/C16H16B2O5/c19-7-11-1-4-16-14(5-11)10-23-18(16)22-8-12-2-3-15-13(6-12)9-21-17(15)20/h1-6,19-20H,7-10H2. The van der Waals surface area contributed by atoms with Gasteiger partial charge in [0, 0.05) is 0 Å². The van der Waals surface area contributed by atoms with E-state index < -0.39 is 7.12 Å². The number of hydrogen-bond acceptors (Lipinski definition) is 5. The van der Waals surface area contributed by atoms with Crippen LogP contribution in [-0.4, -0.2) is 24.4 Å². The normalized spacial score (nSPS) is 15.9. The summed E-state index contributed by atoms with van der Waals surface area (Å²) in [6.45, 7) is 1.38. The van der Waals surface area contributed by atoms with Gasteiger partial charge in [0.15, 0.2) is 0 Å². The summed E-state index contributed by atoms with van der Waals surface area (Å²) in [7, 11) is -1.20. The molecule has 2 heterocycles. The van der Waals surface area contributed by atoms with Gasteiger partial charge in [-0.15, -0.1) is 0 Å². The molecular weight excluding hydrogens is 294 g/mol. The van der Waals surface area contributed by atoms with E-state index in [1.54, 1.807) is 0 Å². The summed E-state index contributed by atoms with van der Waals surface area (Å²) in [4.78, 5) is 0. The van der Waals surface area contributed by atoms with Gasteiger partial charge in [0.2, 0.25) is 0 Å². The number of aliphatic hydroxyl groups excluding tert-OH is 1. The van der Waals surface area contributed by atoms with Crippen molar-refractivity contribution in [3.63, 3.8) is 0 Å². The van der Waals surface area contributed by atoms with Gasteiger partial charge in [0.25, 0.3) is 0 Å². The quantitative estimate of drug-likeness (QED) is 0.768. The summed E-state index contributed by atoms with van der Waals surface area (Å²) in [6.07, 6.45) is 0. The maximum absolute atomic E-state index is 9.64. The van der Waals surface area contributed by atoms with E-state index in [0.717, 1.165) is 33.2 Å². The van der Waals surface area contributed by atoms with Gasteiger partial charge >= 0.3 is 14.2 Å². The fraction of sp³-hybridized carbons (Fsp3) is 0.250. The van der Waals surface area contributed by atoms with Crippen LogP contribution in [0, 0.1) is 0 Å². The number of aliphatic hydroxyl groups is 1. The first-order valence-corrected chi connectivity index (χ1v) is 7.62. The molecule has 116 valence electrons. The van der Waals surface area contributed by atoms with Crippen molar-refractivity contribution < 1.29 is 24.1 Å². The minimum atomic E-state index is -0.814. The van der Waals surface area contributed by atoms with Gasteiger partial charge in [-0.3, -0.25) is 0 Å². The molecule has 7 heteroatoms. The van der Waals surface area contributed by atoms with E-state index in [9.17, 15) is 10.1 Å². The third-order valence-electron chi connectivity index (χ3n) is 4.31. The second kappa shape index (κ2) is 6.11. The van der Waals surface area contributed by atoms with Crippen molar-refractivity contribution in [1.82, 2.24) is 0 Å². The Kier molecular flexibility index (Phi) is 3.97. The van der Waals surface area contributed by atoms with Crippen LogP contribution in [0.15, 0.2) is 36.4 Å². The SMILES string of the molecule is OCc1ccc2c(c1)COB2OCc1ccc2c(c1)COB2O. The minimum Gasteiger partial charge on any atom is -0.423 e. The lowest BCUT2D eigenvalue weighted by molar-refractivity contribution is 0.204. The zero-order chi connectivity index (χ0) is 15.8. The lowest BCUT2D eigenvalue weighted by atomic mass is 9.78. The van der Waals surface area contributed by atoms with E-state index in [2.05, 4.69) is 0 Å². The second-order valence-corrected chi connectivity index (χ2v) is 5.84. The molecule has 0 aromatic heterocycles. The summed E-state index contributed by atoms with van der Waals surface area (Å²) in [6, 6.07) is 11.6. The summed E-state index contributed by atoms with van der Waals surface area (Å²) in [5.41, 5.74) is 5.80. The largest absolute Gasteiger partial charge is 0.494 e. The molecule has 23 heavy (non-hydrogen) atoms. The highest BCUT2D eigenvalue weighted by Crippen LogP contribution is 2.17. The molecule has 0 fully saturated rings. The van der Waals surface area contributed by atoms with Crippen molar-refractivity contribution in [1.29, 1.82) is 0 Å². The van der Waals surface area contributed by atoms with E-state index in [4.69, 9.17) is 14.0 Å². The Morgan fingerprint density at radius 3 is 2.52 bits per heavy atom. The number of rotatable bonds is 4. The Balaban J connectivity index is 1.45. The molecule has 0 unspecified atom stereocenters. The van der Waals surface area contributed by atoms with Crippen LogP contribution >= 0.6 is 0 Å². The Morgan fingerprint density at radius 1 is 0.957 bits per heavy atom. The Morgan fingerprint density at radius 2 is 1.65 bits per heavy atom. The molecule has 0 atom stereocenters. The highest BCUT2D eigenvalue weighted by Gasteiger charge is 2.31. The molecule has 2 N–H and O–H groups in total. The van der Waals surface area contributed by atoms with Gasteiger partial charge < -0.3 is 24.1 Å². The third-order valence-corrected chi connectivity index (χ3v) is 4.31. The summed E-state index contributed by atoms with van der Waals surface area (Å²) < 4.78 is 16.8. The molecule has 0 saturated heterocycles. The first kappa shape index (κ1) is 14.9. The van der Waals surface area contributed by atoms with Crippen LogP contribution in [0.25, 0.3) is 0 Å². The maximum Gasteiger partial charge on any atom is 0.494 e. The summed E-state index contributed by atoms with van der Waals surface area (Å²) in [5.74, 6) is 0. The van der Waals surface area contributed by atoms with Crippen LogP contribution in [0.1, 0.15) is 22.3 Å². The van der Waals surface area contributed by atoms with Crippen molar-refractivity contribution in [3.8, 4) is 0 Å². The summed E-state index contributed by atoms with van der Waals surface area (Å²) in [5, 5.41) is 18.8. The molecule has 5 nitrogen and oxygen atoms in total. The van der Waals surface area contributed by atoms with Crippen LogP contribution < -0.4 is 10.9 Å². The van der Waals surface area contributed by atoms with Crippen molar-refractivity contribution in [2.75, 3.05) is 0 Å². The molecule has 2 aliphatic rings. The van der Waals surface area contributed by atoms with E-state index in [1.165, 1.54) is 0 Å². The van der Waals surface area contributed by atoms with Gasteiger partial charge in [0.1, 0.15) is 0 Å². The van der Waals surface area contributed by atoms with E-state index in [1.807, 2.05) is 36.4 Å². The average molecular weight is 310 g/mol. The first-order valence-electron chi connectivity index (χ1n) is 7.62. The zero-order valence-corrected chi connectivity index (χ0v) is 12.6. The monoisotopic (exact) mass is 310 g/mol. The van der Waals surface area contributed by atoms with Crippen LogP contribution in [0.3, 0.4) is 0 Å². The van der Waals surface area contributed by atoms with Crippen LogP contribution in [0.5, 0.6) is 0 Å². The molecule has 2 aromatic carbocycles. The van der Waals surface area contributed by atoms with Crippen molar-refractivity contribution in [2.24, 2.45) is 0 Å². The Hall–Kier alpha value is -1.63. The van der Waals surface area contributed by atoms with Crippen LogP contribution in [0.4, 0.5) is 0 Å². The molecule has 0 saturated carbocycles. The van der Waals surface area contributed by atoms with Gasteiger partial charge in [-0.05, 0) is 33.2 Å². The van der Waals surface area contributed by atoms with Crippen LogP contribution in [-0.2, 0) is 40.4 Å². The van der Waals surface area contributed by atoms with Gasteiger partial charge in [0.05, 0.1) is 26.4 Å². The highest BCUT2D eigenvalue weighted by molar-refractivity contribution is 6.63. The van der Waals surface area contributed by atoms with Crippen molar-refractivity contribution in [3.05, 3.63) is 58.7 Å². The van der Waals surface area contributed by atoms with E-state index in [0.29, 0.717) is 19.8 Å². The van der Waals surface area contributed by atoms with Crippen LogP contribution in [0.2, 0.25) is 0 Å². The van der Waals surface area contributed by atoms with E-state index in [-0.39, 0.29) is 13.7 Å². The Bertz CT molecular complexity index is 736. The molecular formula is C16H16B2O5.